The lowest BCUT2D eigenvalue weighted by Gasteiger charge is -2.08. The third-order valence-corrected chi connectivity index (χ3v) is 2.67. The van der Waals surface area contributed by atoms with Gasteiger partial charge in [0, 0.05) is 20.7 Å². The molecule has 0 spiro atoms. The number of nitrogens with zero attached hydrogens (tertiary/aromatic N) is 1. The molecule has 1 aliphatic rings. The first kappa shape index (κ1) is 12.9. The number of carbonyl (C=O) groups is 1. The van der Waals surface area contributed by atoms with Crippen LogP contribution in [0.2, 0.25) is 0 Å². The predicted molar refractivity (Wildman–Crippen MR) is 60.8 cm³/mol. The lowest BCUT2D eigenvalue weighted by atomic mass is 10.1. The van der Waals surface area contributed by atoms with Crippen molar-refractivity contribution in [1.29, 1.82) is 0 Å². The Morgan fingerprint density at radius 2 is 2.12 bits per heavy atom. The van der Waals surface area contributed by atoms with Crippen molar-refractivity contribution >= 4 is 5.91 Å². The van der Waals surface area contributed by atoms with Gasteiger partial charge >= 0.3 is 0 Å². The van der Waals surface area contributed by atoms with Gasteiger partial charge in [-0.05, 0) is 19.4 Å². The fraction of sp³-hybridized carbons (Fsp3) is 0.583. The molecule has 0 saturated heterocycles. The minimum Gasteiger partial charge on any atom is -0.378 e. The van der Waals surface area contributed by atoms with E-state index in [0.29, 0.717) is 6.54 Å². The molecule has 1 aliphatic heterocycles. The van der Waals surface area contributed by atoms with Crippen molar-refractivity contribution in [2.24, 2.45) is 0 Å². The van der Waals surface area contributed by atoms with Gasteiger partial charge < -0.3 is 9.64 Å². The molecule has 0 aromatic rings. The van der Waals surface area contributed by atoms with Gasteiger partial charge in [0.05, 0.1) is 11.7 Å². The molecule has 0 saturated carbocycles. The summed E-state index contributed by atoms with van der Waals surface area (Å²) in [6.45, 7) is 3.74. The molecule has 0 aliphatic carbocycles. The number of likely N-dealkylation sites (N-methyl/N-ethyl adjacent to an activating group) is 1. The van der Waals surface area contributed by atoms with Crippen LogP contribution < -0.4 is 0 Å². The van der Waals surface area contributed by atoms with Crippen LogP contribution in [0.1, 0.15) is 13.8 Å². The first-order chi connectivity index (χ1) is 7.47. The van der Waals surface area contributed by atoms with Crippen molar-refractivity contribution < 1.29 is 13.9 Å². The van der Waals surface area contributed by atoms with Crippen LogP contribution in [-0.4, -0.2) is 43.8 Å². The zero-order valence-corrected chi connectivity index (χ0v) is 10.2. The standard InChI is InChI=1S/C12H18FNO2/c1-8(16-4)5-6-10-7-14(3)12(15)11(10)9(2)13/h5-6,8-9H,7H2,1-4H3/b6-5-. The first-order valence-corrected chi connectivity index (χ1v) is 5.31. The summed E-state index contributed by atoms with van der Waals surface area (Å²) in [5.41, 5.74) is 1.01. The van der Waals surface area contributed by atoms with Crippen molar-refractivity contribution in [3.05, 3.63) is 23.3 Å². The van der Waals surface area contributed by atoms with E-state index in [0.717, 1.165) is 5.57 Å². The Kier molecular flexibility index (Phi) is 4.24. The predicted octanol–water partition coefficient (Wildman–Crippen LogP) is 1.70. The topological polar surface area (TPSA) is 29.5 Å². The van der Waals surface area contributed by atoms with Crippen LogP contribution in [0, 0.1) is 0 Å². The number of hydrogen-bond donors (Lipinski definition) is 0. The minimum absolute atomic E-state index is 0.0373. The van der Waals surface area contributed by atoms with Crippen molar-refractivity contribution in [2.45, 2.75) is 26.1 Å². The van der Waals surface area contributed by atoms with Gasteiger partial charge in [-0.1, -0.05) is 12.2 Å². The zero-order valence-electron chi connectivity index (χ0n) is 10.2. The number of alkyl halides is 1. The molecule has 0 aromatic heterocycles. The fourth-order valence-electron chi connectivity index (χ4n) is 1.65. The summed E-state index contributed by atoms with van der Waals surface area (Å²) >= 11 is 0. The first-order valence-electron chi connectivity index (χ1n) is 5.31. The number of ether oxygens (including phenoxy) is 1. The molecule has 16 heavy (non-hydrogen) atoms. The summed E-state index contributed by atoms with van der Waals surface area (Å²) in [5, 5.41) is 0. The van der Waals surface area contributed by atoms with Crippen LogP contribution in [0.3, 0.4) is 0 Å². The van der Waals surface area contributed by atoms with Gasteiger partial charge in [0.25, 0.3) is 5.91 Å². The summed E-state index contributed by atoms with van der Waals surface area (Å²) in [5.74, 6) is -0.222. The van der Waals surface area contributed by atoms with Gasteiger partial charge in [-0.2, -0.15) is 0 Å². The number of halogens is 1. The molecule has 0 N–H and O–H groups in total. The number of amides is 1. The largest absolute Gasteiger partial charge is 0.378 e. The van der Waals surface area contributed by atoms with Gasteiger partial charge in [-0.3, -0.25) is 4.79 Å². The number of rotatable bonds is 4. The second-order valence-corrected chi connectivity index (χ2v) is 4.02. The SMILES string of the molecule is COC(C)/C=C\C1=C(C(C)F)C(=O)N(C)C1. The highest BCUT2D eigenvalue weighted by Gasteiger charge is 2.29. The maximum atomic E-state index is 13.3. The molecule has 90 valence electrons. The Labute approximate surface area is 95.6 Å². The zero-order chi connectivity index (χ0) is 12.3. The Morgan fingerprint density at radius 1 is 1.50 bits per heavy atom. The van der Waals surface area contributed by atoms with E-state index in [1.807, 2.05) is 13.0 Å². The van der Waals surface area contributed by atoms with Crippen molar-refractivity contribution in [3.8, 4) is 0 Å². The van der Waals surface area contributed by atoms with Crippen LogP contribution in [0.25, 0.3) is 0 Å². The molecular formula is C12H18FNO2. The molecule has 2 atom stereocenters. The second-order valence-electron chi connectivity index (χ2n) is 4.02. The highest BCUT2D eigenvalue weighted by atomic mass is 19.1. The third kappa shape index (κ3) is 2.70. The maximum Gasteiger partial charge on any atom is 0.253 e. The lowest BCUT2D eigenvalue weighted by Crippen LogP contribution is -2.23. The number of carbonyl (C=O) groups excluding carboxylic acids is 1. The molecule has 3 nitrogen and oxygen atoms in total. The van der Waals surface area contributed by atoms with Crippen molar-refractivity contribution in [3.63, 3.8) is 0 Å². The van der Waals surface area contributed by atoms with Gasteiger partial charge in [-0.15, -0.1) is 0 Å². The Balaban J connectivity index is 2.91. The molecular weight excluding hydrogens is 209 g/mol. The van der Waals surface area contributed by atoms with E-state index in [2.05, 4.69) is 0 Å². The lowest BCUT2D eigenvalue weighted by molar-refractivity contribution is -0.124. The molecule has 0 fully saturated rings. The molecule has 0 aromatic carbocycles. The van der Waals surface area contributed by atoms with E-state index in [1.54, 1.807) is 20.2 Å². The van der Waals surface area contributed by atoms with E-state index < -0.39 is 6.17 Å². The van der Waals surface area contributed by atoms with E-state index in [9.17, 15) is 9.18 Å². The number of methoxy groups -OCH3 is 1. The molecule has 1 amide bonds. The summed E-state index contributed by atoms with van der Waals surface area (Å²) < 4.78 is 18.4. The molecule has 1 heterocycles. The number of hydrogen-bond acceptors (Lipinski definition) is 2. The average molecular weight is 227 g/mol. The molecule has 0 bridgehead atoms. The van der Waals surface area contributed by atoms with E-state index in [1.165, 1.54) is 11.8 Å². The molecule has 1 rings (SSSR count). The van der Waals surface area contributed by atoms with Crippen LogP contribution in [0.4, 0.5) is 4.39 Å². The highest BCUT2D eigenvalue weighted by Crippen LogP contribution is 2.23. The van der Waals surface area contributed by atoms with E-state index >= 15 is 0 Å². The molecule has 2 unspecified atom stereocenters. The monoisotopic (exact) mass is 227 g/mol. The van der Waals surface area contributed by atoms with E-state index in [-0.39, 0.29) is 17.6 Å². The van der Waals surface area contributed by atoms with Gasteiger partial charge in [0.15, 0.2) is 0 Å². The van der Waals surface area contributed by atoms with Crippen LogP contribution >= 0.6 is 0 Å². The summed E-state index contributed by atoms with van der Waals surface area (Å²) in [6, 6.07) is 0. The summed E-state index contributed by atoms with van der Waals surface area (Å²) in [4.78, 5) is 13.2. The van der Waals surface area contributed by atoms with Gasteiger partial charge in [0.2, 0.25) is 0 Å². The Morgan fingerprint density at radius 3 is 2.62 bits per heavy atom. The molecule has 4 heteroatoms. The molecule has 0 radical (unpaired) electrons. The quantitative estimate of drug-likeness (QED) is 0.731. The van der Waals surface area contributed by atoms with Crippen LogP contribution in [0.5, 0.6) is 0 Å². The smallest absolute Gasteiger partial charge is 0.253 e. The third-order valence-electron chi connectivity index (χ3n) is 2.67. The normalized spacial score (nSPS) is 21.1. The van der Waals surface area contributed by atoms with Crippen LogP contribution in [-0.2, 0) is 9.53 Å². The minimum atomic E-state index is -1.23. The van der Waals surface area contributed by atoms with Gasteiger partial charge in [-0.25, -0.2) is 4.39 Å². The van der Waals surface area contributed by atoms with Crippen molar-refractivity contribution in [1.82, 2.24) is 4.90 Å². The highest BCUT2D eigenvalue weighted by molar-refractivity contribution is 5.98. The fourth-order valence-corrected chi connectivity index (χ4v) is 1.65. The van der Waals surface area contributed by atoms with Gasteiger partial charge in [0.1, 0.15) is 6.17 Å². The maximum absolute atomic E-state index is 13.3. The Hall–Kier alpha value is -1.16. The Bertz CT molecular complexity index is 334. The average Bonchev–Trinajstić information content (AvgIpc) is 2.51. The van der Waals surface area contributed by atoms with E-state index in [4.69, 9.17) is 4.74 Å². The van der Waals surface area contributed by atoms with Crippen molar-refractivity contribution in [2.75, 3.05) is 20.7 Å². The van der Waals surface area contributed by atoms with Crippen LogP contribution in [0.15, 0.2) is 23.3 Å². The second kappa shape index (κ2) is 5.25. The summed E-state index contributed by atoms with van der Waals surface area (Å²) in [6.07, 6.45) is 2.34. The summed E-state index contributed by atoms with van der Waals surface area (Å²) in [7, 11) is 3.28.